The summed E-state index contributed by atoms with van der Waals surface area (Å²) < 4.78 is 43.5. The van der Waals surface area contributed by atoms with Crippen LogP contribution < -0.4 is 9.47 Å². The van der Waals surface area contributed by atoms with Crippen LogP contribution in [0.15, 0.2) is 109 Å². The molecule has 6 rings (SSSR count). The number of aromatic nitrogens is 2. The molecule has 0 bridgehead atoms. The van der Waals surface area contributed by atoms with Crippen molar-refractivity contribution in [1.82, 2.24) is 9.97 Å². The van der Waals surface area contributed by atoms with Crippen molar-refractivity contribution in [2.24, 2.45) is 10.8 Å². The SMILES string of the molecule is c1ccc(C2OCC(COCC3(COc4ccccn4)COC(c4ccccc4)OC3)(COc3ccccn3)CO2)cc1. The van der Waals surface area contributed by atoms with Gasteiger partial charge in [0, 0.05) is 35.7 Å². The maximum atomic E-state index is 6.46. The normalized spacial score (nSPS) is 25.6. The van der Waals surface area contributed by atoms with Gasteiger partial charge in [-0.25, -0.2) is 9.97 Å². The third kappa shape index (κ3) is 7.76. The highest BCUT2D eigenvalue weighted by atomic mass is 16.7. The fraction of sp³-hybridized carbons (Fsp3) is 0.353. The van der Waals surface area contributed by atoms with Gasteiger partial charge in [-0.3, -0.25) is 0 Å². The average molecular weight is 585 g/mol. The molecule has 0 saturated carbocycles. The highest BCUT2D eigenvalue weighted by Crippen LogP contribution is 2.36. The van der Waals surface area contributed by atoms with Gasteiger partial charge in [-0.15, -0.1) is 0 Å². The van der Waals surface area contributed by atoms with Gasteiger partial charge >= 0.3 is 0 Å². The predicted molar refractivity (Wildman–Crippen MR) is 157 cm³/mol. The number of pyridine rings is 2. The van der Waals surface area contributed by atoms with Gasteiger partial charge in [0.2, 0.25) is 11.8 Å². The standard InChI is InChI=1S/C34H36N2O7/c1-3-11-27(12-4-1)31-40-23-33(24-41-31,21-38-29-15-7-9-17-35-29)19-37-20-34(22-39-30-16-8-10-18-36-30)25-42-32(43-26-34)28-13-5-2-6-14-28/h1-18,31-32H,19-26H2. The van der Waals surface area contributed by atoms with E-state index in [0.29, 0.717) is 64.6 Å². The number of rotatable bonds is 12. The predicted octanol–water partition coefficient (Wildman–Crippen LogP) is 5.42. The van der Waals surface area contributed by atoms with Crippen molar-refractivity contribution in [2.45, 2.75) is 12.6 Å². The molecule has 2 fully saturated rings. The van der Waals surface area contributed by atoms with Crippen molar-refractivity contribution in [2.75, 3.05) is 52.9 Å². The molecule has 0 atom stereocenters. The molecule has 2 aliphatic heterocycles. The molecule has 2 aromatic carbocycles. The Kier molecular flexibility index (Phi) is 9.56. The summed E-state index contributed by atoms with van der Waals surface area (Å²) in [4.78, 5) is 8.61. The van der Waals surface area contributed by atoms with Gasteiger partial charge < -0.3 is 33.2 Å². The quantitative estimate of drug-likeness (QED) is 0.217. The number of nitrogens with zero attached hydrogens (tertiary/aromatic N) is 2. The second-order valence-corrected chi connectivity index (χ2v) is 11.1. The van der Waals surface area contributed by atoms with E-state index in [2.05, 4.69) is 9.97 Å². The largest absolute Gasteiger partial charge is 0.477 e. The lowest BCUT2D eigenvalue weighted by Crippen LogP contribution is -2.50. The Labute approximate surface area is 251 Å². The van der Waals surface area contributed by atoms with Crippen LogP contribution in [0.5, 0.6) is 11.8 Å². The maximum absolute atomic E-state index is 6.46. The molecule has 2 aliphatic rings. The highest BCUT2D eigenvalue weighted by Gasteiger charge is 2.43. The van der Waals surface area contributed by atoms with Crippen molar-refractivity contribution < 1.29 is 33.2 Å². The van der Waals surface area contributed by atoms with Crippen molar-refractivity contribution in [3.05, 3.63) is 121 Å². The molecule has 4 heterocycles. The van der Waals surface area contributed by atoms with Gasteiger partial charge in [-0.2, -0.15) is 0 Å². The van der Waals surface area contributed by atoms with Gasteiger partial charge in [-0.1, -0.05) is 72.8 Å². The number of hydrogen-bond donors (Lipinski definition) is 0. The van der Waals surface area contributed by atoms with Crippen molar-refractivity contribution in [1.29, 1.82) is 0 Å². The zero-order valence-corrected chi connectivity index (χ0v) is 24.0. The molecule has 0 N–H and O–H groups in total. The van der Waals surface area contributed by atoms with Crippen LogP contribution in [0.1, 0.15) is 23.7 Å². The molecule has 2 aromatic heterocycles. The zero-order valence-electron chi connectivity index (χ0n) is 24.0. The van der Waals surface area contributed by atoms with Crippen molar-refractivity contribution in [3.63, 3.8) is 0 Å². The number of hydrogen-bond acceptors (Lipinski definition) is 9. The minimum absolute atomic E-state index is 0.312. The monoisotopic (exact) mass is 584 g/mol. The minimum Gasteiger partial charge on any atom is -0.477 e. The number of ether oxygens (including phenoxy) is 7. The van der Waals surface area contributed by atoms with Crippen LogP contribution in [-0.4, -0.2) is 62.8 Å². The fourth-order valence-electron chi connectivity index (χ4n) is 5.01. The topological polar surface area (TPSA) is 90.4 Å². The highest BCUT2D eigenvalue weighted by molar-refractivity contribution is 5.18. The molecule has 0 aliphatic carbocycles. The van der Waals surface area contributed by atoms with Crippen LogP contribution in [0.2, 0.25) is 0 Å². The summed E-state index contributed by atoms with van der Waals surface area (Å²) in [5, 5.41) is 0. The molecule has 43 heavy (non-hydrogen) atoms. The first kappa shape index (κ1) is 29.2. The van der Waals surface area contributed by atoms with Crippen LogP contribution in [-0.2, 0) is 23.7 Å². The van der Waals surface area contributed by atoms with E-state index in [9.17, 15) is 0 Å². The Morgan fingerprint density at radius 1 is 0.512 bits per heavy atom. The first-order chi connectivity index (χ1) is 21.2. The van der Waals surface area contributed by atoms with Crippen LogP contribution in [0.25, 0.3) is 0 Å². The lowest BCUT2D eigenvalue weighted by molar-refractivity contribution is -0.265. The van der Waals surface area contributed by atoms with Gasteiger partial charge in [0.25, 0.3) is 0 Å². The summed E-state index contributed by atoms with van der Waals surface area (Å²) in [6.45, 7) is 2.83. The summed E-state index contributed by atoms with van der Waals surface area (Å²) >= 11 is 0. The molecule has 0 amide bonds. The summed E-state index contributed by atoms with van der Waals surface area (Å²) in [5.41, 5.74) is 0.819. The third-order valence-electron chi connectivity index (χ3n) is 7.45. The second-order valence-electron chi connectivity index (χ2n) is 11.1. The summed E-state index contributed by atoms with van der Waals surface area (Å²) in [6, 6.07) is 31.0. The molecule has 9 nitrogen and oxygen atoms in total. The van der Waals surface area contributed by atoms with E-state index in [0.717, 1.165) is 11.1 Å². The van der Waals surface area contributed by atoms with E-state index in [1.54, 1.807) is 12.4 Å². The van der Waals surface area contributed by atoms with E-state index in [1.807, 2.05) is 97.1 Å². The number of benzene rings is 2. The fourth-order valence-corrected chi connectivity index (χ4v) is 5.01. The van der Waals surface area contributed by atoms with Crippen LogP contribution in [0.3, 0.4) is 0 Å². The van der Waals surface area contributed by atoms with Crippen LogP contribution in [0, 0.1) is 10.8 Å². The zero-order chi connectivity index (χ0) is 29.2. The molecular weight excluding hydrogens is 548 g/mol. The van der Waals surface area contributed by atoms with E-state index >= 15 is 0 Å². The molecular formula is C34H36N2O7. The summed E-state index contributed by atoms with van der Waals surface area (Å²) in [7, 11) is 0. The molecule has 2 saturated heterocycles. The Hall–Kier alpha value is -3.86. The lowest BCUT2D eigenvalue weighted by atomic mass is 9.89. The van der Waals surface area contributed by atoms with Gasteiger partial charge in [0.1, 0.15) is 13.2 Å². The Morgan fingerprint density at radius 2 is 0.907 bits per heavy atom. The van der Waals surface area contributed by atoms with E-state index in [-0.39, 0.29) is 0 Å². The molecule has 0 spiro atoms. The Balaban J connectivity index is 1.13. The molecule has 224 valence electrons. The summed E-state index contributed by atoms with van der Waals surface area (Å²) in [5.74, 6) is 1.07. The van der Waals surface area contributed by atoms with Gasteiger partial charge in [0.05, 0.1) is 50.5 Å². The maximum Gasteiger partial charge on any atom is 0.213 e. The third-order valence-corrected chi connectivity index (χ3v) is 7.45. The Morgan fingerprint density at radius 3 is 1.28 bits per heavy atom. The summed E-state index contributed by atoms with van der Waals surface area (Å²) in [6.07, 6.45) is 2.51. The van der Waals surface area contributed by atoms with Gasteiger partial charge in [-0.05, 0) is 12.1 Å². The smallest absolute Gasteiger partial charge is 0.213 e. The van der Waals surface area contributed by atoms with Crippen molar-refractivity contribution in [3.8, 4) is 11.8 Å². The average Bonchev–Trinajstić information content (AvgIpc) is 3.09. The Bertz CT molecular complexity index is 1260. The van der Waals surface area contributed by atoms with Crippen LogP contribution in [0.4, 0.5) is 0 Å². The molecule has 9 heteroatoms. The minimum atomic E-state index is -0.561. The van der Waals surface area contributed by atoms with Crippen LogP contribution >= 0.6 is 0 Å². The lowest BCUT2D eigenvalue weighted by Gasteiger charge is -2.42. The van der Waals surface area contributed by atoms with Crippen molar-refractivity contribution >= 4 is 0 Å². The van der Waals surface area contributed by atoms with E-state index in [4.69, 9.17) is 33.2 Å². The van der Waals surface area contributed by atoms with E-state index < -0.39 is 23.4 Å². The van der Waals surface area contributed by atoms with E-state index in [1.165, 1.54) is 0 Å². The first-order valence-electron chi connectivity index (χ1n) is 14.4. The molecule has 0 unspecified atom stereocenters. The molecule has 4 aromatic rings. The van der Waals surface area contributed by atoms with Gasteiger partial charge in [0.15, 0.2) is 12.6 Å². The molecule has 0 radical (unpaired) electrons. The first-order valence-corrected chi connectivity index (χ1v) is 14.4. The second kappa shape index (κ2) is 14.1.